The summed E-state index contributed by atoms with van der Waals surface area (Å²) >= 11 is 0. The van der Waals surface area contributed by atoms with Crippen LogP contribution in [-0.4, -0.2) is 109 Å². The molecule has 0 aromatic heterocycles. The van der Waals surface area contributed by atoms with Crippen LogP contribution in [0.4, 0.5) is 14.4 Å². The van der Waals surface area contributed by atoms with E-state index in [1.54, 1.807) is 20.8 Å². The molecule has 0 radical (unpaired) electrons. The molecule has 14 nitrogen and oxygen atoms in total. The van der Waals surface area contributed by atoms with Crippen LogP contribution in [0.2, 0.25) is 0 Å². The summed E-state index contributed by atoms with van der Waals surface area (Å²) in [6.45, 7) is 16.3. The van der Waals surface area contributed by atoms with E-state index in [1.807, 2.05) is 51.1 Å². The molecule has 0 saturated carbocycles. The number of carbonyl (C=O) groups excluding carboxylic acids is 3. The second-order valence-corrected chi connectivity index (χ2v) is 11.1. The van der Waals surface area contributed by atoms with Gasteiger partial charge < -0.3 is 54.8 Å². The summed E-state index contributed by atoms with van der Waals surface area (Å²) in [6, 6.07) is 9.46. The number of alkyl carbamates (subject to hydrolysis) is 3. The second kappa shape index (κ2) is 27.2. The lowest BCUT2D eigenvalue weighted by Gasteiger charge is -2.19. The maximum absolute atomic E-state index is 11.5. The van der Waals surface area contributed by atoms with Crippen LogP contribution in [0.5, 0.6) is 0 Å². The smallest absolute Gasteiger partial charge is 0.407 e. The van der Waals surface area contributed by atoms with E-state index in [0.29, 0.717) is 79.0 Å². The molecule has 5 N–H and O–H groups in total. The normalized spacial score (nSPS) is 10.8. The summed E-state index contributed by atoms with van der Waals surface area (Å²) in [6.07, 6.45) is -1.38. The molecule has 1 rings (SSSR count). The Kier molecular flexibility index (Phi) is 26.5. The lowest BCUT2D eigenvalue weighted by molar-refractivity contribution is 0.0398. The van der Waals surface area contributed by atoms with Gasteiger partial charge in [-0.3, -0.25) is 0 Å². The Morgan fingerprint density at radius 3 is 1.36 bits per heavy atom. The van der Waals surface area contributed by atoms with Gasteiger partial charge in [0.25, 0.3) is 0 Å². The van der Waals surface area contributed by atoms with Gasteiger partial charge in [-0.15, -0.1) is 0 Å². The average molecular weight is 647 g/mol. The number of nitrogens with two attached hydrogens (primary N) is 1. The van der Waals surface area contributed by atoms with Gasteiger partial charge in [0.05, 0.1) is 52.9 Å². The van der Waals surface area contributed by atoms with E-state index in [9.17, 15) is 14.4 Å². The molecule has 14 heteroatoms. The average Bonchev–Trinajstić information content (AvgIpc) is 2.93. The van der Waals surface area contributed by atoms with Crippen molar-refractivity contribution < 1.29 is 47.5 Å². The summed E-state index contributed by atoms with van der Waals surface area (Å²) in [4.78, 5) is 34.1. The molecular formula is C31H58N4O10. The third kappa shape index (κ3) is 33.6. The Labute approximate surface area is 269 Å². The first kappa shape index (κ1) is 44.0. The number of hydrogen-bond acceptors (Lipinski definition) is 11. The Hall–Kier alpha value is -3.17. The Bertz CT molecular complexity index is 877. The van der Waals surface area contributed by atoms with E-state index in [-0.39, 0.29) is 14.0 Å². The molecule has 0 atom stereocenters. The summed E-state index contributed by atoms with van der Waals surface area (Å²) in [5.41, 5.74) is 5.20. The highest BCUT2D eigenvalue weighted by atomic mass is 16.6. The van der Waals surface area contributed by atoms with Crippen molar-refractivity contribution in [3.8, 4) is 0 Å². The van der Waals surface area contributed by atoms with Crippen LogP contribution in [0, 0.1) is 0 Å². The van der Waals surface area contributed by atoms with Crippen LogP contribution in [0.15, 0.2) is 30.3 Å². The minimum atomic E-state index is -0.513. The van der Waals surface area contributed by atoms with Crippen LogP contribution < -0.4 is 21.7 Å². The fraction of sp³-hybridized carbons (Fsp3) is 0.710. The van der Waals surface area contributed by atoms with Gasteiger partial charge in [0, 0.05) is 26.2 Å². The lowest BCUT2D eigenvalue weighted by Crippen LogP contribution is -2.34. The van der Waals surface area contributed by atoms with Crippen LogP contribution in [-0.2, 0) is 39.8 Å². The van der Waals surface area contributed by atoms with Crippen molar-refractivity contribution in [2.45, 2.75) is 66.8 Å². The van der Waals surface area contributed by atoms with Crippen LogP contribution in [0.3, 0.4) is 0 Å². The Balaban J connectivity index is 0. The highest BCUT2D eigenvalue weighted by Crippen LogP contribution is 2.07. The Morgan fingerprint density at radius 2 is 0.978 bits per heavy atom. The quantitative estimate of drug-likeness (QED) is 0.127. The largest absolute Gasteiger partial charge is 0.445 e. The van der Waals surface area contributed by atoms with Gasteiger partial charge in [0.2, 0.25) is 0 Å². The number of hydrogen-bond donors (Lipinski definition) is 4. The predicted molar refractivity (Wildman–Crippen MR) is 172 cm³/mol. The van der Waals surface area contributed by atoms with Crippen molar-refractivity contribution in [1.29, 1.82) is 0 Å². The lowest BCUT2D eigenvalue weighted by atomic mass is 10.2. The summed E-state index contributed by atoms with van der Waals surface area (Å²) in [5.74, 6) is 0. The second-order valence-electron chi connectivity index (χ2n) is 11.1. The van der Waals surface area contributed by atoms with Crippen LogP contribution >= 0.6 is 0 Å². The predicted octanol–water partition coefficient (Wildman–Crippen LogP) is 3.61. The molecule has 262 valence electrons. The Morgan fingerprint density at radius 1 is 0.600 bits per heavy atom. The monoisotopic (exact) mass is 646 g/mol. The number of rotatable bonds is 19. The first-order valence-electron chi connectivity index (χ1n) is 14.7. The molecule has 45 heavy (non-hydrogen) atoms. The fourth-order valence-corrected chi connectivity index (χ4v) is 2.81. The minimum absolute atomic E-state index is 0. The van der Waals surface area contributed by atoms with Crippen molar-refractivity contribution in [1.82, 2.24) is 16.0 Å². The van der Waals surface area contributed by atoms with Gasteiger partial charge in [-0.1, -0.05) is 37.8 Å². The number of benzene rings is 1. The highest BCUT2D eigenvalue weighted by Gasteiger charge is 2.16. The molecular weight excluding hydrogens is 588 g/mol. The number of ether oxygens (including phenoxy) is 7. The number of amides is 3. The molecule has 3 amide bonds. The van der Waals surface area contributed by atoms with E-state index in [2.05, 4.69) is 16.0 Å². The zero-order valence-electron chi connectivity index (χ0n) is 27.2. The molecule has 0 aliphatic heterocycles. The van der Waals surface area contributed by atoms with E-state index >= 15 is 0 Å². The SMILES string of the molecule is C.CC(C)(C)OC(=O)NCCOCCOCCN.CC(C)(C)OC(=O)NCCOCCOCCNC(=O)OCc1ccccc1. The van der Waals surface area contributed by atoms with E-state index < -0.39 is 29.5 Å². The molecule has 1 aromatic rings. The summed E-state index contributed by atoms with van der Waals surface area (Å²) < 4.78 is 36.2. The van der Waals surface area contributed by atoms with E-state index in [4.69, 9.17) is 38.9 Å². The van der Waals surface area contributed by atoms with Crippen molar-refractivity contribution in [2.24, 2.45) is 5.73 Å². The van der Waals surface area contributed by atoms with Gasteiger partial charge in [0.1, 0.15) is 17.8 Å². The minimum Gasteiger partial charge on any atom is -0.445 e. The molecule has 0 aliphatic rings. The number of carbonyl (C=O) groups is 3. The van der Waals surface area contributed by atoms with Crippen LogP contribution in [0.25, 0.3) is 0 Å². The van der Waals surface area contributed by atoms with Gasteiger partial charge in [-0.05, 0) is 47.1 Å². The molecule has 0 heterocycles. The van der Waals surface area contributed by atoms with Crippen molar-refractivity contribution in [3.05, 3.63) is 35.9 Å². The third-order valence-corrected chi connectivity index (χ3v) is 4.56. The molecule has 0 aliphatic carbocycles. The molecule has 1 aromatic carbocycles. The highest BCUT2D eigenvalue weighted by molar-refractivity contribution is 5.68. The van der Waals surface area contributed by atoms with E-state index in [0.717, 1.165) is 5.56 Å². The molecule has 0 bridgehead atoms. The van der Waals surface area contributed by atoms with Crippen LogP contribution in [0.1, 0.15) is 54.5 Å². The molecule has 0 fully saturated rings. The zero-order chi connectivity index (χ0) is 33.1. The third-order valence-electron chi connectivity index (χ3n) is 4.56. The maximum Gasteiger partial charge on any atom is 0.407 e. The van der Waals surface area contributed by atoms with Crippen molar-refractivity contribution in [2.75, 3.05) is 79.0 Å². The summed E-state index contributed by atoms with van der Waals surface area (Å²) in [5, 5.41) is 7.80. The van der Waals surface area contributed by atoms with Crippen molar-refractivity contribution in [3.63, 3.8) is 0 Å². The fourth-order valence-electron chi connectivity index (χ4n) is 2.81. The zero-order valence-corrected chi connectivity index (χ0v) is 27.2. The topological polar surface area (TPSA) is 178 Å². The van der Waals surface area contributed by atoms with Gasteiger partial charge >= 0.3 is 18.3 Å². The standard InChI is InChI=1S/C19H30N2O6.C11H24N2O4.CH4/c1-19(2,3)27-18(23)21-10-12-25-14-13-24-11-9-20-17(22)26-15-16-7-5-4-6-8-16;1-11(2,3)17-10(14)13-5-7-16-9-8-15-6-4-12;/h4-8H,9-15H2,1-3H3,(H,20,22)(H,21,23);4-9,12H2,1-3H3,(H,13,14);1H4. The molecule has 0 saturated heterocycles. The van der Waals surface area contributed by atoms with Crippen molar-refractivity contribution >= 4 is 18.3 Å². The maximum atomic E-state index is 11.5. The molecule has 0 spiro atoms. The van der Waals surface area contributed by atoms with Gasteiger partial charge in [-0.25, -0.2) is 14.4 Å². The first-order chi connectivity index (χ1) is 20.8. The summed E-state index contributed by atoms with van der Waals surface area (Å²) in [7, 11) is 0. The molecule has 0 unspecified atom stereocenters. The number of nitrogens with one attached hydrogen (secondary N) is 3. The first-order valence-corrected chi connectivity index (χ1v) is 14.7. The van der Waals surface area contributed by atoms with Gasteiger partial charge in [-0.2, -0.15) is 0 Å². The van der Waals surface area contributed by atoms with E-state index in [1.165, 1.54) is 0 Å². The van der Waals surface area contributed by atoms with Gasteiger partial charge in [0.15, 0.2) is 0 Å².